The molecule has 0 bridgehead atoms. The minimum absolute atomic E-state index is 0.178. The van der Waals surface area contributed by atoms with Crippen LogP contribution in [0, 0.1) is 0 Å². The normalized spacial score (nSPS) is 10.6. The van der Waals surface area contributed by atoms with Crippen molar-refractivity contribution in [1.29, 1.82) is 0 Å². The number of rotatable bonds is 3. The molecule has 2 aromatic rings. The first kappa shape index (κ1) is 11.0. The molecular weight excluding hydrogens is 270 g/mol. The van der Waals surface area contributed by atoms with Gasteiger partial charge < -0.3 is 9.67 Å². The van der Waals surface area contributed by atoms with Crippen LogP contribution in [0.25, 0.3) is 10.9 Å². The van der Waals surface area contributed by atoms with E-state index in [1.165, 1.54) is 0 Å². The molecule has 1 aromatic heterocycles. The number of nitrogens with zero attached hydrogens (tertiary/aromatic N) is 1. The van der Waals surface area contributed by atoms with Gasteiger partial charge in [0.15, 0.2) is 0 Å². The van der Waals surface area contributed by atoms with Gasteiger partial charge in [-0.25, -0.2) is 4.79 Å². The van der Waals surface area contributed by atoms with Gasteiger partial charge in [0.05, 0.1) is 6.54 Å². The number of hydrogen-bond acceptors (Lipinski definition) is 1. The molecule has 0 aliphatic heterocycles. The lowest BCUT2D eigenvalue weighted by Crippen LogP contribution is -2.07. The van der Waals surface area contributed by atoms with Gasteiger partial charge in [-0.1, -0.05) is 28.6 Å². The van der Waals surface area contributed by atoms with Crippen molar-refractivity contribution in [1.82, 2.24) is 4.57 Å². The van der Waals surface area contributed by atoms with Crippen molar-refractivity contribution < 1.29 is 9.90 Å². The van der Waals surface area contributed by atoms with Gasteiger partial charge in [-0.2, -0.15) is 0 Å². The highest BCUT2D eigenvalue weighted by molar-refractivity contribution is 9.10. The summed E-state index contributed by atoms with van der Waals surface area (Å²) in [7, 11) is 0. The van der Waals surface area contributed by atoms with Crippen LogP contribution in [0.1, 0.15) is 0 Å². The standard InChI is InChI=1S/C12H10BrNO2/c1-8(12(15)16)7-14-5-4-9-2-3-10(13)6-11(9)14/h2-6H,1,7H2,(H,15,16). The number of halogens is 1. The molecule has 0 aliphatic carbocycles. The Labute approximate surface area is 101 Å². The van der Waals surface area contributed by atoms with Crippen LogP contribution >= 0.6 is 15.9 Å². The van der Waals surface area contributed by atoms with Crippen molar-refractivity contribution in [3.05, 3.63) is 47.1 Å². The summed E-state index contributed by atoms with van der Waals surface area (Å²) in [6.07, 6.45) is 1.87. The van der Waals surface area contributed by atoms with E-state index in [1.807, 2.05) is 35.0 Å². The van der Waals surface area contributed by atoms with Crippen LogP contribution in [0.15, 0.2) is 47.1 Å². The van der Waals surface area contributed by atoms with Crippen molar-refractivity contribution in [2.45, 2.75) is 6.54 Å². The maximum Gasteiger partial charge on any atom is 0.332 e. The van der Waals surface area contributed by atoms with Crippen molar-refractivity contribution >= 4 is 32.8 Å². The first-order valence-electron chi connectivity index (χ1n) is 4.73. The molecule has 0 saturated carbocycles. The average Bonchev–Trinajstić information content (AvgIpc) is 2.61. The Morgan fingerprint density at radius 1 is 1.44 bits per heavy atom. The van der Waals surface area contributed by atoms with Crippen LogP contribution in [0.3, 0.4) is 0 Å². The van der Waals surface area contributed by atoms with Crippen LogP contribution in [-0.2, 0) is 11.3 Å². The zero-order chi connectivity index (χ0) is 11.7. The van der Waals surface area contributed by atoms with Crippen LogP contribution in [-0.4, -0.2) is 15.6 Å². The highest BCUT2D eigenvalue weighted by Gasteiger charge is 2.07. The van der Waals surface area contributed by atoms with Gasteiger partial charge in [0.1, 0.15) is 0 Å². The van der Waals surface area contributed by atoms with E-state index in [4.69, 9.17) is 5.11 Å². The molecule has 0 spiro atoms. The molecule has 0 aliphatic rings. The van der Waals surface area contributed by atoms with Crippen LogP contribution in [0.5, 0.6) is 0 Å². The Kier molecular flexibility index (Phi) is 2.83. The highest BCUT2D eigenvalue weighted by Crippen LogP contribution is 2.21. The zero-order valence-corrected chi connectivity index (χ0v) is 10.1. The average molecular weight is 280 g/mol. The number of aliphatic carboxylic acids is 1. The molecule has 0 unspecified atom stereocenters. The highest BCUT2D eigenvalue weighted by atomic mass is 79.9. The maximum atomic E-state index is 10.7. The summed E-state index contributed by atoms with van der Waals surface area (Å²) in [6.45, 7) is 3.83. The second-order valence-corrected chi connectivity index (χ2v) is 4.47. The number of aromatic nitrogens is 1. The Bertz CT molecular complexity index is 571. The monoisotopic (exact) mass is 279 g/mol. The van der Waals surface area contributed by atoms with Crippen LogP contribution in [0.2, 0.25) is 0 Å². The minimum atomic E-state index is -0.961. The molecule has 82 valence electrons. The second kappa shape index (κ2) is 4.14. The van der Waals surface area contributed by atoms with Crippen molar-refractivity contribution in [2.75, 3.05) is 0 Å². The SMILES string of the molecule is C=C(Cn1ccc2ccc(Br)cc21)C(=O)O. The molecule has 16 heavy (non-hydrogen) atoms. The van der Waals surface area contributed by atoms with Crippen molar-refractivity contribution in [3.63, 3.8) is 0 Å². The summed E-state index contributed by atoms with van der Waals surface area (Å²) in [6, 6.07) is 7.86. The largest absolute Gasteiger partial charge is 0.478 e. The van der Waals surface area contributed by atoms with E-state index in [0.717, 1.165) is 15.4 Å². The third-order valence-corrected chi connectivity index (χ3v) is 2.89. The molecule has 0 amide bonds. The topological polar surface area (TPSA) is 42.2 Å². The minimum Gasteiger partial charge on any atom is -0.478 e. The lowest BCUT2D eigenvalue weighted by molar-refractivity contribution is -0.132. The summed E-state index contributed by atoms with van der Waals surface area (Å²) in [4.78, 5) is 10.7. The quantitative estimate of drug-likeness (QED) is 0.878. The number of carboxylic acids is 1. The van der Waals surface area contributed by atoms with E-state index in [1.54, 1.807) is 0 Å². The number of carboxylic acid groups (broad SMARTS) is 1. The van der Waals surface area contributed by atoms with Crippen LogP contribution < -0.4 is 0 Å². The number of carbonyl (C=O) groups is 1. The Morgan fingerprint density at radius 2 is 2.19 bits per heavy atom. The third-order valence-electron chi connectivity index (χ3n) is 2.40. The summed E-state index contributed by atoms with van der Waals surface area (Å²) in [5, 5.41) is 9.87. The van der Waals surface area contributed by atoms with E-state index in [9.17, 15) is 4.79 Å². The molecule has 0 atom stereocenters. The lowest BCUT2D eigenvalue weighted by atomic mass is 10.2. The molecule has 0 saturated heterocycles. The van der Waals surface area contributed by atoms with Gasteiger partial charge in [-0.15, -0.1) is 0 Å². The van der Waals surface area contributed by atoms with Gasteiger partial charge in [-0.05, 0) is 23.6 Å². The summed E-state index contributed by atoms with van der Waals surface area (Å²) >= 11 is 3.39. The van der Waals surface area contributed by atoms with E-state index in [0.29, 0.717) is 6.54 Å². The van der Waals surface area contributed by atoms with Gasteiger partial charge in [0, 0.05) is 21.8 Å². The molecular formula is C12H10BrNO2. The Hall–Kier alpha value is -1.55. The van der Waals surface area contributed by atoms with Gasteiger partial charge in [-0.3, -0.25) is 0 Å². The van der Waals surface area contributed by atoms with E-state index >= 15 is 0 Å². The van der Waals surface area contributed by atoms with Crippen molar-refractivity contribution in [2.24, 2.45) is 0 Å². The fourth-order valence-electron chi connectivity index (χ4n) is 1.57. The molecule has 3 nitrogen and oxygen atoms in total. The maximum absolute atomic E-state index is 10.7. The third kappa shape index (κ3) is 2.02. The van der Waals surface area contributed by atoms with E-state index in [-0.39, 0.29) is 5.57 Å². The molecule has 1 aromatic carbocycles. The predicted molar refractivity (Wildman–Crippen MR) is 66.4 cm³/mol. The molecule has 0 radical (unpaired) electrons. The fraction of sp³-hybridized carbons (Fsp3) is 0.0833. The first-order chi connectivity index (χ1) is 7.58. The van der Waals surface area contributed by atoms with E-state index in [2.05, 4.69) is 22.5 Å². The van der Waals surface area contributed by atoms with Crippen molar-refractivity contribution in [3.8, 4) is 0 Å². The first-order valence-corrected chi connectivity index (χ1v) is 5.52. The number of fused-ring (bicyclic) bond motifs is 1. The summed E-state index contributed by atoms with van der Waals surface area (Å²) < 4.78 is 2.84. The fourth-order valence-corrected chi connectivity index (χ4v) is 1.92. The predicted octanol–water partition coefficient (Wildman–Crippen LogP) is 3.04. The Morgan fingerprint density at radius 3 is 2.88 bits per heavy atom. The smallest absolute Gasteiger partial charge is 0.332 e. The molecule has 1 N–H and O–H groups in total. The molecule has 4 heteroatoms. The second-order valence-electron chi connectivity index (χ2n) is 3.56. The van der Waals surface area contributed by atoms with Crippen LogP contribution in [0.4, 0.5) is 0 Å². The lowest BCUT2D eigenvalue weighted by Gasteiger charge is -2.05. The summed E-state index contributed by atoms with van der Waals surface area (Å²) in [5.74, 6) is -0.961. The molecule has 0 fully saturated rings. The zero-order valence-electron chi connectivity index (χ0n) is 8.48. The summed E-state index contributed by atoms with van der Waals surface area (Å²) in [5.41, 5.74) is 1.18. The van der Waals surface area contributed by atoms with Gasteiger partial charge >= 0.3 is 5.97 Å². The number of benzene rings is 1. The van der Waals surface area contributed by atoms with E-state index < -0.39 is 5.97 Å². The molecule has 1 heterocycles. The Balaban J connectivity index is 2.41. The molecule has 2 rings (SSSR count). The van der Waals surface area contributed by atoms with Gasteiger partial charge in [0.2, 0.25) is 0 Å². The number of hydrogen-bond donors (Lipinski definition) is 1. The van der Waals surface area contributed by atoms with Gasteiger partial charge in [0.25, 0.3) is 0 Å².